The van der Waals surface area contributed by atoms with Crippen LogP contribution in [-0.2, 0) is 0 Å². The largest absolute Gasteiger partial charge is 0.309 e. The molecule has 4 heteroatoms. The third kappa shape index (κ3) is 4.18. The Morgan fingerprint density at radius 1 is 0.207 bits per heavy atom. The van der Waals surface area contributed by atoms with Crippen LogP contribution in [0.4, 0.5) is 0 Å². The van der Waals surface area contributed by atoms with E-state index in [1.807, 2.05) is 0 Å². The summed E-state index contributed by atoms with van der Waals surface area (Å²) in [7, 11) is 0. The maximum Gasteiger partial charge on any atom is 0.0641 e. The van der Waals surface area contributed by atoms with E-state index in [0.717, 1.165) is 22.7 Å². The third-order valence-corrected chi connectivity index (χ3v) is 12.3. The molecule has 0 saturated carbocycles. The van der Waals surface area contributed by atoms with Gasteiger partial charge in [0.25, 0.3) is 0 Å². The van der Waals surface area contributed by atoms with Gasteiger partial charge in [-0.15, -0.1) is 0 Å². The Balaban J connectivity index is 1.19. The van der Waals surface area contributed by atoms with Gasteiger partial charge in [0.05, 0.1) is 44.1 Å². The van der Waals surface area contributed by atoms with E-state index in [9.17, 15) is 0 Å². The average molecular weight is 739 g/mol. The smallest absolute Gasteiger partial charge is 0.0641 e. The van der Waals surface area contributed by atoms with Crippen LogP contribution < -0.4 is 0 Å². The summed E-state index contributed by atoms with van der Waals surface area (Å²) in [5.74, 6) is 0. The lowest BCUT2D eigenvalue weighted by Gasteiger charge is -2.11. The van der Waals surface area contributed by atoms with Crippen LogP contribution in [0.15, 0.2) is 206 Å². The Bertz CT molecular complexity index is 3770. The van der Waals surface area contributed by atoms with Crippen LogP contribution in [0.3, 0.4) is 0 Å². The van der Waals surface area contributed by atoms with Gasteiger partial charge < -0.3 is 18.3 Å². The Morgan fingerprint density at radius 2 is 0.569 bits per heavy atom. The molecule has 0 aliphatic rings. The first-order valence-corrected chi connectivity index (χ1v) is 20.0. The summed E-state index contributed by atoms with van der Waals surface area (Å²) in [6.45, 7) is 0. The first-order valence-electron chi connectivity index (χ1n) is 20.0. The van der Waals surface area contributed by atoms with Crippen LogP contribution in [0.2, 0.25) is 0 Å². The van der Waals surface area contributed by atoms with E-state index in [2.05, 4.69) is 225 Å². The first kappa shape index (κ1) is 31.4. The highest BCUT2D eigenvalue weighted by Crippen LogP contribution is 2.45. The predicted molar refractivity (Wildman–Crippen MR) is 244 cm³/mol. The summed E-state index contributed by atoms with van der Waals surface area (Å²) in [4.78, 5) is 0. The van der Waals surface area contributed by atoms with Gasteiger partial charge in [-0.2, -0.15) is 0 Å². The molecule has 0 aliphatic heterocycles. The molecule has 0 radical (unpaired) electrons. The van der Waals surface area contributed by atoms with Gasteiger partial charge in [-0.05, 0) is 84.9 Å². The third-order valence-electron chi connectivity index (χ3n) is 12.3. The van der Waals surface area contributed by atoms with Crippen molar-refractivity contribution in [2.24, 2.45) is 0 Å². The number of hydrogen-bond acceptors (Lipinski definition) is 0. The summed E-state index contributed by atoms with van der Waals surface area (Å²) in [6, 6.07) is 75.4. The van der Waals surface area contributed by atoms with Gasteiger partial charge in [0.2, 0.25) is 0 Å². The van der Waals surface area contributed by atoms with Gasteiger partial charge in [0.1, 0.15) is 0 Å². The lowest BCUT2D eigenvalue weighted by Crippen LogP contribution is -1.96. The second kappa shape index (κ2) is 11.8. The normalized spacial score (nSPS) is 12.1. The number of para-hydroxylation sites is 6. The zero-order valence-corrected chi connectivity index (χ0v) is 31.4. The standard InChI is InChI=1S/C54H34N4/c1-4-16-35(17-5-1)55-48-31-28-38(34-44(48)52-50(55)33-30-42-40-23-11-14-26-46(40)58(54(42)52)37-20-8-3-9-21-37)56-47-27-15-12-24-43(47)51-49(56)32-29-41-39-22-10-13-25-45(39)57(53(41)51)36-18-6-2-7-19-36/h1-34H. The van der Waals surface area contributed by atoms with Crippen LogP contribution in [0.25, 0.3) is 110 Å². The summed E-state index contributed by atoms with van der Waals surface area (Å²) >= 11 is 0. The molecule has 4 heterocycles. The number of rotatable bonds is 4. The molecule has 0 saturated heterocycles. The van der Waals surface area contributed by atoms with Gasteiger partial charge in [-0.1, -0.05) is 121 Å². The van der Waals surface area contributed by atoms with Gasteiger partial charge >= 0.3 is 0 Å². The number of benzene rings is 9. The molecule has 9 aromatic carbocycles. The Hall–Kier alpha value is -7.82. The molecule has 270 valence electrons. The van der Waals surface area contributed by atoms with Gasteiger partial charge in [-0.3, -0.25) is 0 Å². The van der Waals surface area contributed by atoms with E-state index in [1.54, 1.807) is 0 Å². The minimum absolute atomic E-state index is 1.13. The molecule has 4 aromatic heterocycles. The Labute approximate surface area is 333 Å². The van der Waals surface area contributed by atoms with Crippen LogP contribution in [0.1, 0.15) is 0 Å². The Kier molecular flexibility index (Phi) is 6.41. The van der Waals surface area contributed by atoms with Crippen molar-refractivity contribution in [1.82, 2.24) is 18.3 Å². The second-order valence-corrected chi connectivity index (χ2v) is 15.3. The molecule has 13 aromatic rings. The summed E-state index contributed by atoms with van der Waals surface area (Å²) < 4.78 is 9.84. The topological polar surface area (TPSA) is 19.7 Å². The van der Waals surface area contributed by atoms with Crippen LogP contribution >= 0.6 is 0 Å². The van der Waals surface area contributed by atoms with Crippen LogP contribution in [0, 0.1) is 0 Å². The van der Waals surface area contributed by atoms with Gasteiger partial charge in [-0.25, -0.2) is 0 Å². The molecule has 58 heavy (non-hydrogen) atoms. The first-order chi connectivity index (χ1) is 28.8. The zero-order valence-electron chi connectivity index (χ0n) is 31.4. The summed E-state index contributed by atoms with van der Waals surface area (Å²) in [6.07, 6.45) is 0. The lowest BCUT2D eigenvalue weighted by molar-refractivity contribution is 1.16. The fraction of sp³-hybridized carbons (Fsp3) is 0. The molecule has 0 aliphatic carbocycles. The van der Waals surface area contributed by atoms with Crippen molar-refractivity contribution in [3.8, 4) is 22.7 Å². The molecule has 0 atom stereocenters. The minimum Gasteiger partial charge on any atom is -0.309 e. The van der Waals surface area contributed by atoms with Crippen molar-refractivity contribution < 1.29 is 0 Å². The van der Waals surface area contributed by atoms with Crippen molar-refractivity contribution in [1.29, 1.82) is 0 Å². The SMILES string of the molecule is c1ccc(-n2c3ccc(-n4c5ccccc5c5c4ccc4c6ccccc6n(-c6ccccc6)c45)cc3c3c2ccc2c4ccccc4n(-c4ccccc4)c23)cc1. The number of nitrogens with zero attached hydrogens (tertiary/aromatic N) is 4. The van der Waals surface area contributed by atoms with Crippen molar-refractivity contribution in [3.05, 3.63) is 206 Å². The summed E-state index contributed by atoms with van der Waals surface area (Å²) in [5, 5.41) is 9.96. The van der Waals surface area contributed by atoms with E-state index in [1.165, 1.54) is 87.2 Å². The fourth-order valence-corrected chi connectivity index (χ4v) is 10.0. The highest BCUT2D eigenvalue weighted by Gasteiger charge is 2.24. The minimum atomic E-state index is 1.13. The van der Waals surface area contributed by atoms with E-state index >= 15 is 0 Å². The van der Waals surface area contributed by atoms with Crippen molar-refractivity contribution in [3.63, 3.8) is 0 Å². The zero-order chi connectivity index (χ0) is 37.9. The van der Waals surface area contributed by atoms with Gasteiger partial charge in [0, 0.05) is 65.8 Å². The fourth-order valence-electron chi connectivity index (χ4n) is 10.0. The van der Waals surface area contributed by atoms with E-state index < -0.39 is 0 Å². The second-order valence-electron chi connectivity index (χ2n) is 15.3. The molecule has 0 N–H and O–H groups in total. The van der Waals surface area contributed by atoms with Crippen LogP contribution in [-0.4, -0.2) is 18.3 Å². The maximum absolute atomic E-state index is 2.48. The predicted octanol–water partition coefficient (Wildman–Crippen LogP) is 14.1. The molecule has 0 bridgehead atoms. The average Bonchev–Trinajstić information content (AvgIpc) is 4.02. The maximum atomic E-state index is 2.48. The van der Waals surface area contributed by atoms with Crippen molar-refractivity contribution in [2.45, 2.75) is 0 Å². The quantitative estimate of drug-likeness (QED) is 0.171. The highest BCUT2D eigenvalue weighted by atomic mass is 15.0. The molecule has 0 unspecified atom stereocenters. The van der Waals surface area contributed by atoms with Crippen molar-refractivity contribution >= 4 is 87.2 Å². The molecule has 4 nitrogen and oxygen atoms in total. The monoisotopic (exact) mass is 738 g/mol. The molecule has 0 spiro atoms. The van der Waals surface area contributed by atoms with Gasteiger partial charge in [0.15, 0.2) is 0 Å². The lowest BCUT2D eigenvalue weighted by atomic mass is 10.1. The van der Waals surface area contributed by atoms with E-state index in [4.69, 9.17) is 0 Å². The number of fused-ring (bicyclic) bond motifs is 14. The number of aromatic nitrogens is 4. The molecular weight excluding hydrogens is 705 g/mol. The molecular formula is C54H34N4. The van der Waals surface area contributed by atoms with Crippen molar-refractivity contribution in [2.75, 3.05) is 0 Å². The summed E-state index contributed by atoms with van der Waals surface area (Å²) in [5.41, 5.74) is 14.2. The Morgan fingerprint density at radius 3 is 1.09 bits per heavy atom. The molecule has 13 rings (SSSR count). The van der Waals surface area contributed by atoms with E-state index in [-0.39, 0.29) is 0 Å². The van der Waals surface area contributed by atoms with E-state index in [0.29, 0.717) is 0 Å². The number of hydrogen-bond donors (Lipinski definition) is 0. The van der Waals surface area contributed by atoms with Crippen LogP contribution in [0.5, 0.6) is 0 Å². The molecule has 0 amide bonds. The molecule has 0 fully saturated rings. The highest BCUT2D eigenvalue weighted by molar-refractivity contribution is 6.28.